The highest BCUT2D eigenvalue weighted by molar-refractivity contribution is 5.22. The van der Waals surface area contributed by atoms with Crippen LogP contribution in [-0.4, -0.2) is 6.54 Å². The minimum absolute atomic E-state index is 0.00574. The second-order valence-electron chi connectivity index (χ2n) is 5.50. The van der Waals surface area contributed by atoms with Crippen LogP contribution in [-0.2, 0) is 0 Å². The molecular formula is C16H23F2N. The quantitative estimate of drug-likeness (QED) is 0.795. The van der Waals surface area contributed by atoms with Gasteiger partial charge in [-0.3, -0.25) is 0 Å². The second kappa shape index (κ2) is 6.99. The molecule has 1 fully saturated rings. The smallest absolute Gasteiger partial charge is 0.130 e. The monoisotopic (exact) mass is 267 g/mol. The Bertz CT molecular complexity index is 400. The number of rotatable bonds is 6. The van der Waals surface area contributed by atoms with Gasteiger partial charge in [0.15, 0.2) is 0 Å². The number of hydrogen-bond donors (Lipinski definition) is 1. The fourth-order valence-corrected chi connectivity index (χ4v) is 3.10. The fourth-order valence-electron chi connectivity index (χ4n) is 3.10. The first-order chi connectivity index (χ1) is 9.20. The van der Waals surface area contributed by atoms with E-state index < -0.39 is 11.6 Å². The molecule has 0 aliphatic heterocycles. The molecule has 1 aliphatic rings. The molecule has 1 aromatic carbocycles. The highest BCUT2D eigenvalue weighted by Gasteiger charge is 2.20. The molecule has 1 N–H and O–H groups in total. The molecule has 0 heterocycles. The maximum atomic E-state index is 13.8. The zero-order valence-electron chi connectivity index (χ0n) is 11.6. The van der Waals surface area contributed by atoms with Crippen molar-refractivity contribution in [3.8, 4) is 0 Å². The second-order valence-corrected chi connectivity index (χ2v) is 5.50. The van der Waals surface area contributed by atoms with Crippen LogP contribution in [0.3, 0.4) is 0 Å². The molecule has 19 heavy (non-hydrogen) atoms. The van der Waals surface area contributed by atoms with Gasteiger partial charge in [-0.15, -0.1) is 0 Å². The maximum Gasteiger partial charge on any atom is 0.130 e. The van der Waals surface area contributed by atoms with Crippen LogP contribution in [0.4, 0.5) is 8.78 Å². The third-order valence-electron chi connectivity index (χ3n) is 4.13. The average molecular weight is 267 g/mol. The largest absolute Gasteiger partial charge is 0.310 e. The van der Waals surface area contributed by atoms with Gasteiger partial charge in [0.1, 0.15) is 11.6 Å². The molecule has 0 radical (unpaired) electrons. The number of halogens is 2. The van der Waals surface area contributed by atoms with E-state index in [1.807, 2.05) is 6.92 Å². The van der Waals surface area contributed by atoms with Gasteiger partial charge < -0.3 is 5.32 Å². The van der Waals surface area contributed by atoms with Gasteiger partial charge in [-0.1, -0.05) is 38.7 Å². The van der Waals surface area contributed by atoms with Crippen LogP contribution >= 0.6 is 0 Å². The Morgan fingerprint density at radius 3 is 2.63 bits per heavy atom. The summed E-state index contributed by atoms with van der Waals surface area (Å²) < 4.78 is 26.8. The lowest BCUT2D eigenvalue weighted by Gasteiger charge is -2.20. The van der Waals surface area contributed by atoms with Crippen LogP contribution in [0, 0.1) is 17.6 Å². The fraction of sp³-hybridized carbons (Fsp3) is 0.625. The van der Waals surface area contributed by atoms with E-state index in [1.165, 1.54) is 31.7 Å². The van der Waals surface area contributed by atoms with Gasteiger partial charge in [-0.05, 0) is 31.4 Å². The minimum atomic E-state index is -0.507. The third kappa shape index (κ3) is 4.00. The Morgan fingerprint density at radius 2 is 2.00 bits per heavy atom. The topological polar surface area (TPSA) is 12.0 Å². The molecule has 1 aromatic rings. The van der Waals surface area contributed by atoms with Gasteiger partial charge >= 0.3 is 0 Å². The average Bonchev–Trinajstić information content (AvgIpc) is 2.88. The molecule has 1 aliphatic carbocycles. The first kappa shape index (κ1) is 14.4. The standard InChI is InChI=1S/C16H23F2N/c1-2-19-16(10-7-12-5-3-4-6-12)14-9-8-13(17)11-15(14)18/h8-9,11-12,16,19H,2-7,10H2,1H3. The summed E-state index contributed by atoms with van der Waals surface area (Å²) in [6.07, 6.45) is 7.36. The van der Waals surface area contributed by atoms with E-state index in [0.717, 1.165) is 31.4 Å². The molecule has 0 aromatic heterocycles. The van der Waals surface area contributed by atoms with Gasteiger partial charge in [0, 0.05) is 17.7 Å². The van der Waals surface area contributed by atoms with E-state index in [0.29, 0.717) is 5.56 Å². The molecule has 1 unspecified atom stereocenters. The van der Waals surface area contributed by atoms with Crippen LogP contribution in [0.1, 0.15) is 57.1 Å². The summed E-state index contributed by atoms with van der Waals surface area (Å²) in [5, 5.41) is 3.32. The Kier molecular flexibility index (Phi) is 5.32. The van der Waals surface area contributed by atoms with E-state index in [2.05, 4.69) is 5.32 Å². The van der Waals surface area contributed by atoms with Crippen LogP contribution < -0.4 is 5.32 Å². The Hall–Kier alpha value is -0.960. The molecule has 0 spiro atoms. The lowest BCUT2D eigenvalue weighted by molar-refractivity contribution is 0.406. The zero-order chi connectivity index (χ0) is 13.7. The van der Waals surface area contributed by atoms with Gasteiger partial charge in [0.25, 0.3) is 0 Å². The summed E-state index contributed by atoms with van der Waals surface area (Å²) in [6.45, 7) is 2.82. The summed E-state index contributed by atoms with van der Waals surface area (Å²) in [4.78, 5) is 0. The predicted molar refractivity (Wildman–Crippen MR) is 74.0 cm³/mol. The van der Waals surface area contributed by atoms with Crippen molar-refractivity contribution in [1.82, 2.24) is 5.32 Å². The van der Waals surface area contributed by atoms with Crippen LogP contribution in [0.2, 0.25) is 0 Å². The van der Waals surface area contributed by atoms with E-state index in [1.54, 1.807) is 6.07 Å². The molecule has 0 saturated heterocycles. The van der Waals surface area contributed by atoms with Crippen LogP contribution in [0.15, 0.2) is 18.2 Å². The molecule has 1 saturated carbocycles. The minimum Gasteiger partial charge on any atom is -0.310 e. The molecule has 0 bridgehead atoms. The highest BCUT2D eigenvalue weighted by atomic mass is 19.1. The molecule has 0 amide bonds. The van der Waals surface area contributed by atoms with Gasteiger partial charge in [0.05, 0.1) is 0 Å². The maximum absolute atomic E-state index is 13.8. The van der Waals surface area contributed by atoms with Crippen molar-refractivity contribution in [1.29, 1.82) is 0 Å². The summed E-state index contributed by atoms with van der Waals surface area (Å²) in [7, 11) is 0. The number of hydrogen-bond acceptors (Lipinski definition) is 1. The summed E-state index contributed by atoms with van der Waals surface area (Å²) in [6, 6.07) is 3.91. The lowest BCUT2D eigenvalue weighted by atomic mass is 9.94. The van der Waals surface area contributed by atoms with Crippen molar-refractivity contribution in [2.24, 2.45) is 5.92 Å². The first-order valence-corrected chi connectivity index (χ1v) is 7.39. The molecule has 1 atom stereocenters. The Balaban J connectivity index is 2.01. The summed E-state index contributed by atoms with van der Waals surface area (Å²) >= 11 is 0. The van der Waals surface area contributed by atoms with E-state index in [9.17, 15) is 8.78 Å². The van der Waals surface area contributed by atoms with Crippen molar-refractivity contribution in [3.63, 3.8) is 0 Å². The predicted octanol–water partition coefficient (Wildman–Crippen LogP) is 4.59. The summed E-state index contributed by atoms with van der Waals surface area (Å²) in [5.41, 5.74) is 0.598. The summed E-state index contributed by atoms with van der Waals surface area (Å²) in [5.74, 6) is -0.144. The van der Waals surface area contributed by atoms with E-state index in [-0.39, 0.29) is 6.04 Å². The van der Waals surface area contributed by atoms with Gasteiger partial charge in [-0.2, -0.15) is 0 Å². The van der Waals surface area contributed by atoms with Gasteiger partial charge in [-0.25, -0.2) is 8.78 Å². The normalized spacial score (nSPS) is 17.8. The third-order valence-corrected chi connectivity index (χ3v) is 4.13. The number of benzene rings is 1. The molecule has 106 valence electrons. The van der Waals surface area contributed by atoms with Crippen molar-refractivity contribution in [2.45, 2.75) is 51.5 Å². The SMILES string of the molecule is CCNC(CCC1CCCC1)c1ccc(F)cc1F. The van der Waals surface area contributed by atoms with E-state index >= 15 is 0 Å². The van der Waals surface area contributed by atoms with Crippen LogP contribution in [0.25, 0.3) is 0 Å². The molecule has 2 rings (SSSR count). The molecular weight excluding hydrogens is 244 g/mol. The Labute approximate surface area is 114 Å². The number of nitrogens with one attached hydrogen (secondary N) is 1. The van der Waals surface area contributed by atoms with Crippen LogP contribution in [0.5, 0.6) is 0 Å². The van der Waals surface area contributed by atoms with Crippen molar-refractivity contribution >= 4 is 0 Å². The Morgan fingerprint density at radius 1 is 1.26 bits per heavy atom. The van der Waals surface area contributed by atoms with E-state index in [4.69, 9.17) is 0 Å². The van der Waals surface area contributed by atoms with Crippen molar-refractivity contribution in [3.05, 3.63) is 35.4 Å². The zero-order valence-corrected chi connectivity index (χ0v) is 11.6. The lowest BCUT2D eigenvalue weighted by Crippen LogP contribution is -2.22. The molecule has 3 heteroatoms. The van der Waals surface area contributed by atoms with Crippen molar-refractivity contribution < 1.29 is 8.78 Å². The van der Waals surface area contributed by atoms with Crippen molar-refractivity contribution in [2.75, 3.05) is 6.54 Å². The van der Waals surface area contributed by atoms with Gasteiger partial charge in [0.2, 0.25) is 0 Å². The molecule has 1 nitrogen and oxygen atoms in total. The highest BCUT2D eigenvalue weighted by Crippen LogP contribution is 2.32. The first-order valence-electron chi connectivity index (χ1n) is 7.39.